The monoisotopic (exact) mass is 460 g/mol. The molecule has 1 unspecified atom stereocenters. The van der Waals surface area contributed by atoms with Crippen LogP contribution in [-0.4, -0.2) is 57.6 Å². The third kappa shape index (κ3) is 4.40. The number of halogens is 1. The topological polar surface area (TPSA) is 99.4 Å². The summed E-state index contributed by atoms with van der Waals surface area (Å²) in [5, 5.41) is 40.6. The summed E-state index contributed by atoms with van der Waals surface area (Å²) in [6, 6.07) is 13.3. The van der Waals surface area contributed by atoms with E-state index in [0.29, 0.717) is 23.1 Å². The van der Waals surface area contributed by atoms with Gasteiger partial charge in [0.05, 0.1) is 12.7 Å². The van der Waals surface area contributed by atoms with E-state index in [4.69, 9.17) is 21.1 Å². The maximum atomic E-state index is 10.4. The molecule has 0 aromatic heterocycles. The number of ether oxygens (including phenoxy) is 2. The SMILES string of the molecule is OC[C@H]1O[C@@H](c2ccc(Cl)c(Cc3ccc(OC4C[C@@H]5C[C@@H]5C4)cc3)c2)[C@H](O)[C@H](O)[C@@H]1O. The zero-order valence-corrected chi connectivity index (χ0v) is 18.4. The summed E-state index contributed by atoms with van der Waals surface area (Å²) < 4.78 is 11.8. The molecule has 5 rings (SSSR count). The summed E-state index contributed by atoms with van der Waals surface area (Å²) in [5.41, 5.74) is 2.55. The standard InChI is InChI=1S/C25H29ClO6/c26-20-6-3-14(25-24(30)23(29)22(28)21(12-27)32-25)8-17(20)7-13-1-4-18(5-2-13)31-19-10-15-9-16(15)11-19/h1-6,8,15-16,19,21-25,27-30H,7,9-12H2/t15-,16+,19?,21-,22-,23-,24-,25+/m1/s1. The van der Waals surface area contributed by atoms with Crippen molar-refractivity contribution in [1.82, 2.24) is 0 Å². The fourth-order valence-electron chi connectivity index (χ4n) is 5.14. The second kappa shape index (κ2) is 8.93. The second-order valence-corrected chi connectivity index (χ2v) is 9.80. The van der Waals surface area contributed by atoms with Crippen molar-refractivity contribution >= 4 is 11.6 Å². The number of aliphatic hydroxyl groups excluding tert-OH is 4. The van der Waals surface area contributed by atoms with Crippen LogP contribution in [0.4, 0.5) is 0 Å². The van der Waals surface area contributed by atoms with Gasteiger partial charge in [-0.1, -0.05) is 35.9 Å². The third-order valence-electron chi connectivity index (χ3n) is 7.11. The molecule has 7 heteroatoms. The van der Waals surface area contributed by atoms with Crippen LogP contribution in [0.1, 0.15) is 42.1 Å². The van der Waals surface area contributed by atoms with E-state index in [1.54, 1.807) is 12.1 Å². The number of fused-ring (bicyclic) bond motifs is 1. The maximum Gasteiger partial charge on any atom is 0.119 e. The zero-order chi connectivity index (χ0) is 22.4. The van der Waals surface area contributed by atoms with Gasteiger partial charge in [0.15, 0.2) is 0 Å². The van der Waals surface area contributed by atoms with Gasteiger partial charge < -0.3 is 29.9 Å². The van der Waals surface area contributed by atoms with Crippen LogP contribution in [0.5, 0.6) is 5.75 Å². The van der Waals surface area contributed by atoms with E-state index in [1.807, 2.05) is 30.3 Å². The Kier molecular flexibility index (Phi) is 6.18. The smallest absolute Gasteiger partial charge is 0.119 e. The lowest BCUT2D eigenvalue weighted by Crippen LogP contribution is -2.55. The molecule has 1 saturated heterocycles. The predicted octanol–water partition coefficient (Wildman–Crippen LogP) is 2.62. The van der Waals surface area contributed by atoms with Crippen molar-refractivity contribution < 1.29 is 29.9 Å². The Balaban J connectivity index is 1.28. The molecular formula is C25H29ClO6. The van der Waals surface area contributed by atoms with E-state index in [-0.39, 0.29) is 0 Å². The summed E-state index contributed by atoms with van der Waals surface area (Å²) in [5.74, 6) is 2.66. The molecule has 0 bridgehead atoms. The van der Waals surface area contributed by atoms with Crippen molar-refractivity contribution in [3.05, 3.63) is 64.2 Å². The Morgan fingerprint density at radius 1 is 0.906 bits per heavy atom. The fourth-order valence-corrected chi connectivity index (χ4v) is 5.32. The average Bonchev–Trinajstić information content (AvgIpc) is 3.41. The quantitative estimate of drug-likeness (QED) is 0.529. The average molecular weight is 461 g/mol. The largest absolute Gasteiger partial charge is 0.490 e. The second-order valence-electron chi connectivity index (χ2n) is 9.39. The Labute approximate surface area is 192 Å². The number of benzene rings is 2. The van der Waals surface area contributed by atoms with Crippen LogP contribution in [0.2, 0.25) is 5.02 Å². The lowest BCUT2D eigenvalue weighted by Gasteiger charge is -2.40. The fraction of sp³-hybridized carbons (Fsp3) is 0.520. The molecule has 32 heavy (non-hydrogen) atoms. The highest BCUT2D eigenvalue weighted by atomic mass is 35.5. The number of rotatable bonds is 6. The first-order chi connectivity index (χ1) is 15.4. The minimum absolute atomic E-state index is 0.342. The van der Waals surface area contributed by atoms with Gasteiger partial charge in [0.25, 0.3) is 0 Å². The molecule has 2 aromatic rings. The first kappa shape index (κ1) is 22.1. The first-order valence-corrected chi connectivity index (χ1v) is 11.6. The van der Waals surface area contributed by atoms with Crippen LogP contribution in [0.3, 0.4) is 0 Å². The molecule has 3 fully saturated rings. The van der Waals surface area contributed by atoms with E-state index >= 15 is 0 Å². The summed E-state index contributed by atoms with van der Waals surface area (Å²) in [6.07, 6.45) is -1.30. The molecule has 1 heterocycles. The van der Waals surface area contributed by atoms with Gasteiger partial charge in [-0.25, -0.2) is 0 Å². The minimum atomic E-state index is -1.41. The lowest BCUT2D eigenvalue weighted by atomic mass is 9.90. The summed E-state index contributed by atoms with van der Waals surface area (Å²) in [4.78, 5) is 0. The van der Waals surface area contributed by atoms with Gasteiger partial charge in [0.2, 0.25) is 0 Å². The van der Waals surface area contributed by atoms with Gasteiger partial charge in [0, 0.05) is 5.02 Å². The van der Waals surface area contributed by atoms with Crippen molar-refractivity contribution in [2.24, 2.45) is 11.8 Å². The highest BCUT2D eigenvalue weighted by molar-refractivity contribution is 6.31. The molecule has 3 aliphatic rings. The lowest BCUT2D eigenvalue weighted by molar-refractivity contribution is -0.231. The Morgan fingerprint density at radius 3 is 2.31 bits per heavy atom. The Morgan fingerprint density at radius 2 is 1.62 bits per heavy atom. The molecule has 0 amide bonds. The van der Waals surface area contributed by atoms with Crippen LogP contribution < -0.4 is 4.74 Å². The van der Waals surface area contributed by atoms with Crippen LogP contribution in [0.25, 0.3) is 0 Å². The molecule has 1 aliphatic heterocycles. The molecule has 172 valence electrons. The normalized spacial score (nSPS) is 36.0. The Bertz CT molecular complexity index is 938. The molecule has 0 radical (unpaired) electrons. The first-order valence-electron chi connectivity index (χ1n) is 11.3. The van der Waals surface area contributed by atoms with Crippen LogP contribution >= 0.6 is 11.6 Å². The zero-order valence-electron chi connectivity index (χ0n) is 17.7. The number of hydrogen-bond acceptors (Lipinski definition) is 6. The van der Waals surface area contributed by atoms with Crippen LogP contribution in [-0.2, 0) is 11.2 Å². The van der Waals surface area contributed by atoms with Crippen LogP contribution in [0.15, 0.2) is 42.5 Å². The van der Waals surface area contributed by atoms with E-state index in [1.165, 1.54) is 19.3 Å². The summed E-state index contributed by atoms with van der Waals surface area (Å²) in [6.45, 7) is -0.460. The predicted molar refractivity (Wildman–Crippen MR) is 119 cm³/mol. The highest BCUT2D eigenvalue weighted by Gasteiger charge is 2.47. The molecule has 8 atom stereocenters. The highest BCUT2D eigenvalue weighted by Crippen LogP contribution is 2.52. The van der Waals surface area contributed by atoms with E-state index in [9.17, 15) is 20.4 Å². The van der Waals surface area contributed by atoms with E-state index in [0.717, 1.165) is 28.7 Å². The molecular weight excluding hydrogens is 432 g/mol. The van der Waals surface area contributed by atoms with Crippen molar-refractivity contribution in [3.63, 3.8) is 0 Å². The molecule has 2 saturated carbocycles. The van der Waals surface area contributed by atoms with Crippen molar-refractivity contribution in [3.8, 4) is 5.75 Å². The summed E-state index contributed by atoms with van der Waals surface area (Å²) in [7, 11) is 0. The van der Waals surface area contributed by atoms with Crippen molar-refractivity contribution in [2.75, 3.05) is 6.61 Å². The molecule has 6 nitrogen and oxygen atoms in total. The van der Waals surface area contributed by atoms with E-state index < -0.39 is 37.1 Å². The van der Waals surface area contributed by atoms with Gasteiger partial charge >= 0.3 is 0 Å². The van der Waals surface area contributed by atoms with E-state index in [2.05, 4.69) is 0 Å². The molecule has 2 aromatic carbocycles. The van der Waals surface area contributed by atoms with Crippen molar-refractivity contribution in [2.45, 2.75) is 62.3 Å². The van der Waals surface area contributed by atoms with Gasteiger partial charge in [-0.2, -0.15) is 0 Å². The van der Waals surface area contributed by atoms with Gasteiger partial charge in [-0.15, -0.1) is 0 Å². The van der Waals surface area contributed by atoms with Crippen LogP contribution in [0, 0.1) is 11.8 Å². The van der Waals surface area contributed by atoms with Crippen molar-refractivity contribution in [1.29, 1.82) is 0 Å². The van der Waals surface area contributed by atoms with Gasteiger partial charge in [-0.3, -0.25) is 0 Å². The molecule has 2 aliphatic carbocycles. The number of hydrogen-bond donors (Lipinski definition) is 4. The number of aliphatic hydroxyl groups is 4. The maximum absolute atomic E-state index is 10.4. The summed E-state index contributed by atoms with van der Waals surface area (Å²) >= 11 is 6.43. The minimum Gasteiger partial charge on any atom is -0.490 e. The Hall–Kier alpha value is -1.67. The molecule has 0 spiro atoms. The van der Waals surface area contributed by atoms with Gasteiger partial charge in [0.1, 0.15) is 36.3 Å². The third-order valence-corrected chi connectivity index (χ3v) is 7.48. The molecule has 4 N–H and O–H groups in total. The van der Waals surface area contributed by atoms with Gasteiger partial charge in [-0.05, 0) is 72.4 Å².